The predicted molar refractivity (Wildman–Crippen MR) is 165 cm³/mol. The third kappa shape index (κ3) is 2.98. The van der Waals surface area contributed by atoms with Gasteiger partial charge in [0.1, 0.15) is 17.7 Å². The van der Waals surface area contributed by atoms with Crippen molar-refractivity contribution in [1.29, 1.82) is 0 Å². The van der Waals surface area contributed by atoms with Crippen LogP contribution in [0.25, 0.3) is 11.1 Å². The lowest BCUT2D eigenvalue weighted by atomic mass is 9.66. The molecule has 1 spiro atoms. The molecule has 1 aliphatic carbocycles. The number of nitrogens with one attached hydrogen (secondary N) is 1. The minimum atomic E-state index is -0.443. The van der Waals surface area contributed by atoms with E-state index in [1.807, 2.05) is 0 Å². The third-order valence-electron chi connectivity index (χ3n) is 8.94. The molecule has 6 aromatic rings. The SMILES string of the molecule is c1ccc(N2c3ccccc3NC2c2ccc3c(c2)Oc2ccccc2C32c3ccccc3-c3ccccc32)cc1. The minimum absolute atomic E-state index is 0.0695. The zero-order valence-electron chi connectivity index (χ0n) is 22.3. The molecule has 3 heteroatoms. The number of rotatable bonds is 2. The molecule has 41 heavy (non-hydrogen) atoms. The molecule has 0 amide bonds. The highest BCUT2D eigenvalue weighted by Gasteiger charge is 2.51. The first kappa shape index (κ1) is 22.5. The normalized spacial score (nSPS) is 16.6. The maximum absolute atomic E-state index is 6.77. The Kier molecular flexibility index (Phi) is 4.59. The molecule has 0 aromatic heterocycles. The van der Waals surface area contributed by atoms with Crippen molar-refractivity contribution < 1.29 is 4.74 Å². The van der Waals surface area contributed by atoms with E-state index in [0.717, 1.165) is 28.4 Å². The number of hydrogen-bond donors (Lipinski definition) is 1. The number of nitrogens with zero attached hydrogens (tertiary/aromatic N) is 1. The molecule has 1 atom stereocenters. The summed E-state index contributed by atoms with van der Waals surface area (Å²) in [5.74, 6) is 1.81. The lowest BCUT2D eigenvalue weighted by Gasteiger charge is -2.40. The minimum Gasteiger partial charge on any atom is -0.457 e. The standard InChI is InChI=1S/C38H26N2O/c1-2-12-26(13-3-1)40-34-20-10-9-19-33(34)39-37(40)25-22-23-32-36(24-25)41-35-21-11-8-18-31(35)38(32)29-16-6-4-14-27(29)28-15-5-7-17-30(28)38/h1-24,37,39H. The highest BCUT2D eigenvalue weighted by Crippen LogP contribution is 2.62. The van der Waals surface area contributed by atoms with E-state index < -0.39 is 5.41 Å². The number of fused-ring (bicyclic) bond motifs is 10. The zero-order valence-corrected chi connectivity index (χ0v) is 22.3. The van der Waals surface area contributed by atoms with E-state index in [1.54, 1.807) is 0 Å². The van der Waals surface area contributed by atoms with Gasteiger partial charge >= 0.3 is 0 Å². The molecular weight excluding hydrogens is 500 g/mol. The van der Waals surface area contributed by atoms with Gasteiger partial charge in [0.25, 0.3) is 0 Å². The zero-order chi connectivity index (χ0) is 27.0. The largest absolute Gasteiger partial charge is 0.457 e. The summed E-state index contributed by atoms with van der Waals surface area (Å²) in [7, 11) is 0. The quantitative estimate of drug-likeness (QED) is 0.243. The van der Waals surface area contributed by atoms with Gasteiger partial charge in [0.05, 0.1) is 16.8 Å². The fourth-order valence-corrected chi connectivity index (χ4v) is 7.31. The van der Waals surface area contributed by atoms with Gasteiger partial charge < -0.3 is 15.0 Å². The molecule has 2 heterocycles. The Morgan fingerprint density at radius 3 is 1.93 bits per heavy atom. The van der Waals surface area contributed by atoms with Crippen molar-refractivity contribution in [2.75, 3.05) is 10.2 Å². The Labute approximate surface area is 239 Å². The van der Waals surface area contributed by atoms with Crippen LogP contribution in [-0.2, 0) is 5.41 Å². The molecule has 3 nitrogen and oxygen atoms in total. The van der Waals surface area contributed by atoms with Crippen molar-refractivity contribution in [2.45, 2.75) is 11.6 Å². The summed E-state index contributed by atoms with van der Waals surface area (Å²) < 4.78 is 6.77. The van der Waals surface area contributed by atoms with E-state index >= 15 is 0 Å². The van der Waals surface area contributed by atoms with Crippen molar-refractivity contribution in [1.82, 2.24) is 0 Å². The highest BCUT2D eigenvalue weighted by molar-refractivity contribution is 5.89. The summed E-state index contributed by atoms with van der Waals surface area (Å²) in [6.07, 6.45) is -0.0695. The second-order valence-corrected chi connectivity index (χ2v) is 11.0. The molecule has 194 valence electrons. The van der Waals surface area contributed by atoms with E-state index in [2.05, 4.69) is 156 Å². The van der Waals surface area contributed by atoms with Crippen molar-refractivity contribution in [3.05, 3.63) is 173 Å². The van der Waals surface area contributed by atoms with Crippen LogP contribution >= 0.6 is 0 Å². The summed E-state index contributed by atoms with van der Waals surface area (Å²) in [5.41, 5.74) is 11.7. The summed E-state index contributed by atoms with van der Waals surface area (Å²) in [6.45, 7) is 0. The van der Waals surface area contributed by atoms with Gasteiger partial charge in [-0.1, -0.05) is 109 Å². The summed E-state index contributed by atoms with van der Waals surface area (Å²) in [6, 6.07) is 52.2. The summed E-state index contributed by atoms with van der Waals surface area (Å²) in [5, 5.41) is 3.79. The molecule has 1 unspecified atom stereocenters. The number of hydrogen-bond acceptors (Lipinski definition) is 3. The molecule has 6 aromatic carbocycles. The Morgan fingerprint density at radius 2 is 1.15 bits per heavy atom. The van der Waals surface area contributed by atoms with Crippen LogP contribution in [0.4, 0.5) is 17.1 Å². The highest BCUT2D eigenvalue weighted by atomic mass is 16.5. The second-order valence-electron chi connectivity index (χ2n) is 11.0. The molecule has 2 aliphatic heterocycles. The lowest BCUT2D eigenvalue weighted by molar-refractivity contribution is 0.435. The van der Waals surface area contributed by atoms with E-state index in [1.165, 1.54) is 39.1 Å². The third-order valence-corrected chi connectivity index (χ3v) is 8.94. The summed E-state index contributed by atoms with van der Waals surface area (Å²) in [4.78, 5) is 2.38. The van der Waals surface area contributed by atoms with E-state index in [4.69, 9.17) is 4.74 Å². The molecule has 0 saturated carbocycles. The number of ether oxygens (including phenoxy) is 1. The Morgan fingerprint density at radius 1 is 0.537 bits per heavy atom. The molecule has 1 N–H and O–H groups in total. The monoisotopic (exact) mass is 526 g/mol. The van der Waals surface area contributed by atoms with Crippen LogP contribution in [0.1, 0.15) is 34.0 Å². The average molecular weight is 527 g/mol. The van der Waals surface area contributed by atoms with Crippen molar-refractivity contribution >= 4 is 17.1 Å². The first-order chi connectivity index (χ1) is 20.3. The lowest BCUT2D eigenvalue weighted by Crippen LogP contribution is -2.32. The van der Waals surface area contributed by atoms with Crippen LogP contribution in [0.5, 0.6) is 11.5 Å². The van der Waals surface area contributed by atoms with Gasteiger partial charge in [-0.2, -0.15) is 0 Å². The van der Waals surface area contributed by atoms with Crippen LogP contribution in [0.3, 0.4) is 0 Å². The number of anilines is 3. The van der Waals surface area contributed by atoms with Crippen LogP contribution < -0.4 is 15.0 Å². The van der Waals surface area contributed by atoms with Gasteiger partial charge in [0, 0.05) is 16.8 Å². The van der Waals surface area contributed by atoms with Crippen molar-refractivity contribution in [3.8, 4) is 22.6 Å². The Balaban J connectivity index is 1.27. The smallest absolute Gasteiger partial charge is 0.132 e. The maximum atomic E-state index is 6.77. The molecular formula is C38H26N2O. The maximum Gasteiger partial charge on any atom is 0.132 e. The van der Waals surface area contributed by atoms with Crippen LogP contribution in [0, 0.1) is 0 Å². The average Bonchev–Trinajstić information content (AvgIpc) is 3.57. The second kappa shape index (κ2) is 8.36. The fraction of sp³-hybridized carbons (Fsp3) is 0.0526. The Hall–Kier alpha value is -5.28. The molecule has 0 bridgehead atoms. The molecule has 0 saturated heterocycles. The van der Waals surface area contributed by atoms with E-state index in [0.29, 0.717) is 0 Å². The van der Waals surface area contributed by atoms with Gasteiger partial charge in [0.2, 0.25) is 0 Å². The number of benzene rings is 6. The molecule has 9 rings (SSSR count). The van der Waals surface area contributed by atoms with Gasteiger partial charge in [-0.25, -0.2) is 0 Å². The van der Waals surface area contributed by atoms with Gasteiger partial charge in [-0.05, 0) is 64.2 Å². The summed E-state index contributed by atoms with van der Waals surface area (Å²) >= 11 is 0. The van der Waals surface area contributed by atoms with Gasteiger partial charge in [-0.15, -0.1) is 0 Å². The molecule has 3 aliphatic rings. The van der Waals surface area contributed by atoms with Crippen molar-refractivity contribution in [3.63, 3.8) is 0 Å². The van der Waals surface area contributed by atoms with Crippen LogP contribution in [-0.4, -0.2) is 0 Å². The predicted octanol–water partition coefficient (Wildman–Crippen LogP) is 9.42. The first-order valence-electron chi connectivity index (χ1n) is 14.1. The molecule has 0 fully saturated rings. The first-order valence-corrected chi connectivity index (χ1v) is 14.1. The number of para-hydroxylation sites is 4. The van der Waals surface area contributed by atoms with Crippen LogP contribution in [0.15, 0.2) is 146 Å². The van der Waals surface area contributed by atoms with Gasteiger partial charge in [0.15, 0.2) is 0 Å². The fourth-order valence-electron chi connectivity index (χ4n) is 7.31. The Bertz CT molecular complexity index is 1930. The van der Waals surface area contributed by atoms with Crippen molar-refractivity contribution in [2.24, 2.45) is 0 Å². The van der Waals surface area contributed by atoms with Crippen LogP contribution in [0.2, 0.25) is 0 Å². The van der Waals surface area contributed by atoms with E-state index in [9.17, 15) is 0 Å². The molecule has 0 radical (unpaired) electrons. The van der Waals surface area contributed by atoms with Gasteiger partial charge in [-0.3, -0.25) is 0 Å². The topological polar surface area (TPSA) is 24.5 Å². The van der Waals surface area contributed by atoms with E-state index in [-0.39, 0.29) is 6.17 Å².